The number of carbonyl (C=O) groups is 1. The molecule has 0 aliphatic heterocycles. The largest absolute Gasteiger partial charge is 0.483 e. The molecule has 1 aromatic rings. The smallest absolute Gasteiger partial charge is 0.257 e. The van der Waals surface area contributed by atoms with E-state index in [0.717, 1.165) is 18.7 Å². The van der Waals surface area contributed by atoms with Crippen LogP contribution >= 0.6 is 24.0 Å². The first-order chi connectivity index (χ1) is 8.65. The van der Waals surface area contributed by atoms with Crippen molar-refractivity contribution in [3.05, 3.63) is 28.8 Å². The molecular weight excluding hydrogens is 287 g/mol. The van der Waals surface area contributed by atoms with Crippen LogP contribution in [0.25, 0.3) is 0 Å². The molecule has 6 heteroatoms. The number of likely N-dealkylation sites (N-methyl/N-ethyl adjacent to an activating group) is 1. The molecule has 0 radical (unpaired) electrons. The summed E-state index contributed by atoms with van der Waals surface area (Å²) in [6.07, 6.45) is 0. The lowest BCUT2D eigenvalue weighted by atomic mass is 10.2. The molecule has 1 rings (SSSR count). The van der Waals surface area contributed by atoms with E-state index in [9.17, 15) is 4.79 Å². The molecule has 19 heavy (non-hydrogen) atoms. The van der Waals surface area contributed by atoms with Crippen molar-refractivity contribution in [3.63, 3.8) is 0 Å². The van der Waals surface area contributed by atoms with Gasteiger partial charge in [-0.3, -0.25) is 4.79 Å². The van der Waals surface area contributed by atoms with Crippen LogP contribution in [-0.2, 0) is 4.79 Å². The van der Waals surface area contributed by atoms with E-state index in [4.69, 9.17) is 16.3 Å². The number of amides is 1. The van der Waals surface area contributed by atoms with E-state index in [1.165, 1.54) is 0 Å². The third-order valence-corrected chi connectivity index (χ3v) is 2.86. The van der Waals surface area contributed by atoms with Crippen molar-refractivity contribution in [2.24, 2.45) is 0 Å². The van der Waals surface area contributed by atoms with Crippen LogP contribution in [-0.4, -0.2) is 32.1 Å². The van der Waals surface area contributed by atoms with Gasteiger partial charge in [0.05, 0.1) is 0 Å². The molecule has 0 unspecified atom stereocenters. The summed E-state index contributed by atoms with van der Waals surface area (Å²) in [7, 11) is 0. The molecule has 0 aliphatic carbocycles. The molecule has 2 N–H and O–H groups in total. The topological polar surface area (TPSA) is 50.4 Å². The van der Waals surface area contributed by atoms with Crippen LogP contribution < -0.4 is 15.4 Å². The summed E-state index contributed by atoms with van der Waals surface area (Å²) < 4.78 is 5.42. The molecule has 0 atom stereocenters. The second-order valence-electron chi connectivity index (χ2n) is 3.86. The first kappa shape index (κ1) is 18.0. The standard InChI is InChI=1S/C13H19ClN2O2.ClH/c1-3-15-7-8-16-13(17)9-18-12-6-4-5-11(14)10(12)2;/h4-6,15H,3,7-9H2,1-2H3,(H,16,17);1H. The van der Waals surface area contributed by atoms with Crippen LogP contribution in [0.15, 0.2) is 18.2 Å². The number of hydrogen-bond acceptors (Lipinski definition) is 3. The van der Waals surface area contributed by atoms with Gasteiger partial charge >= 0.3 is 0 Å². The maximum atomic E-state index is 11.5. The van der Waals surface area contributed by atoms with Gasteiger partial charge in [-0.25, -0.2) is 0 Å². The third-order valence-electron chi connectivity index (χ3n) is 2.45. The number of nitrogens with one attached hydrogen (secondary N) is 2. The second kappa shape index (κ2) is 9.89. The summed E-state index contributed by atoms with van der Waals surface area (Å²) in [6.45, 7) is 6.15. The Hall–Kier alpha value is -0.970. The Bertz CT molecular complexity index is 400. The molecule has 0 bridgehead atoms. The van der Waals surface area contributed by atoms with Gasteiger partial charge in [0, 0.05) is 23.7 Å². The molecule has 4 nitrogen and oxygen atoms in total. The van der Waals surface area contributed by atoms with Crippen molar-refractivity contribution in [2.75, 3.05) is 26.2 Å². The van der Waals surface area contributed by atoms with Gasteiger partial charge in [0.1, 0.15) is 5.75 Å². The van der Waals surface area contributed by atoms with Crippen LogP contribution in [0, 0.1) is 6.92 Å². The fraction of sp³-hybridized carbons (Fsp3) is 0.462. The molecule has 0 fully saturated rings. The lowest BCUT2D eigenvalue weighted by Gasteiger charge is -2.10. The van der Waals surface area contributed by atoms with Gasteiger partial charge in [-0.15, -0.1) is 12.4 Å². The maximum absolute atomic E-state index is 11.5. The number of rotatable bonds is 7. The lowest BCUT2D eigenvalue weighted by Crippen LogP contribution is -2.34. The number of ether oxygens (including phenoxy) is 1. The molecule has 108 valence electrons. The average molecular weight is 307 g/mol. The minimum absolute atomic E-state index is 0. The van der Waals surface area contributed by atoms with Crippen molar-refractivity contribution in [2.45, 2.75) is 13.8 Å². The van der Waals surface area contributed by atoms with Crippen LogP contribution in [0.5, 0.6) is 5.75 Å². The predicted octanol–water partition coefficient (Wildman–Crippen LogP) is 2.17. The minimum atomic E-state index is -0.132. The van der Waals surface area contributed by atoms with Crippen LogP contribution in [0.3, 0.4) is 0 Å². The van der Waals surface area contributed by atoms with Crippen molar-refractivity contribution < 1.29 is 9.53 Å². The Balaban J connectivity index is 0.00000324. The van der Waals surface area contributed by atoms with Gasteiger partial charge in [0.2, 0.25) is 0 Å². The lowest BCUT2D eigenvalue weighted by molar-refractivity contribution is -0.123. The predicted molar refractivity (Wildman–Crippen MR) is 80.5 cm³/mol. The van der Waals surface area contributed by atoms with Crippen LogP contribution in [0.1, 0.15) is 12.5 Å². The SMILES string of the molecule is CCNCCNC(=O)COc1cccc(Cl)c1C.Cl. The highest BCUT2D eigenvalue weighted by molar-refractivity contribution is 6.31. The number of hydrogen-bond donors (Lipinski definition) is 2. The van der Waals surface area contributed by atoms with Crippen molar-refractivity contribution in [1.29, 1.82) is 0 Å². The van der Waals surface area contributed by atoms with E-state index < -0.39 is 0 Å². The van der Waals surface area contributed by atoms with Gasteiger partial charge < -0.3 is 15.4 Å². The Morgan fingerprint density at radius 3 is 2.79 bits per heavy atom. The first-order valence-electron chi connectivity index (χ1n) is 6.00. The van der Waals surface area contributed by atoms with Crippen LogP contribution in [0.4, 0.5) is 0 Å². The molecule has 0 saturated heterocycles. The second-order valence-corrected chi connectivity index (χ2v) is 4.26. The van der Waals surface area contributed by atoms with Crippen molar-refractivity contribution >= 4 is 29.9 Å². The zero-order valence-corrected chi connectivity index (χ0v) is 12.7. The van der Waals surface area contributed by atoms with Gasteiger partial charge in [-0.1, -0.05) is 24.6 Å². The molecule has 1 amide bonds. The van der Waals surface area contributed by atoms with Gasteiger partial charge in [0.15, 0.2) is 6.61 Å². The first-order valence-corrected chi connectivity index (χ1v) is 6.38. The normalized spacial score (nSPS) is 9.63. The van der Waals surface area contributed by atoms with Crippen LogP contribution in [0.2, 0.25) is 5.02 Å². The highest BCUT2D eigenvalue weighted by Gasteiger charge is 2.06. The highest BCUT2D eigenvalue weighted by atomic mass is 35.5. The maximum Gasteiger partial charge on any atom is 0.257 e. The molecular formula is C13H20Cl2N2O2. The van der Waals surface area contributed by atoms with Crippen molar-refractivity contribution in [1.82, 2.24) is 10.6 Å². The Kier molecular flexibility index (Phi) is 9.39. The van der Waals surface area contributed by atoms with E-state index in [2.05, 4.69) is 10.6 Å². The van der Waals surface area contributed by atoms with E-state index in [1.807, 2.05) is 13.8 Å². The number of benzene rings is 1. The number of carbonyl (C=O) groups excluding carboxylic acids is 1. The highest BCUT2D eigenvalue weighted by Crippen LogP contribution is 2.24. The third kappa shape index (κ3) is 6.66. The fourth-order valence-electron chi connectivity index (χ4n) is 1.41. The molecule has 0 heterocycles. The summed E-state index contributed by atoms with van der Waals surface area (Å²) >= 11 is 5.96. The summed E-state index contributed by atoms with van der Waals surface area (Å²) in [6, 6.07) is 5.39. The van der Waals surface area contributed by atoms with Gasteiger partial charge in [-0.2, -0.15) is 0 Å². The minimum Gasteiger partial charge on any atom is -0.483 e. The quantitative estimate of drug-likeness (QED) is 0.759. The van der Waals surface area contributed by atoms with E-state index in [0.29, 0.717) is 17.3 Å². The van der Waals surface area contributed by atoms with E-state index in [1.54, 1.807) is 18.2 Å². The molecule has 0 aliphatic rings. The Morgan fingerprint density at radius 2 is 2.11 bits per heavy atom. The van der Waals surface area contributed by atoms with E-state index in [-0.39, 0.29) is 24.9 Å². The average Bonchev–Trinajstić information content (AvgIpc) is 2.36. The summed E-state index contributed by atoms with van der Waals surface area (Å²) in [5.41, 5.74) is 0.847. The molecule has 0 aromatic heterocycles. The monoisotopic (exact) mass is 306 g/mol. The van der Waals surface area contributed by atoms with E-state index >= 15 is 0 Å². The van der Waals surface area contributed by atoms with Gasteiger partial charge in [-0.05, 0) is 25.6 Å². The molecule has 1 aromatic carbocycles. The molecule has 0 saturated carbocycles. The van der Waals surface area contributed by atoms with Gasteiger partial charge in [0.25, 0.3) is 5.91 Å². The summed E-state index contributed by atoms with van der Waals surface area (Å²) in [5, 5.41) is 6.52. The molecule has 0 spiro atoms. The zero-order valence-electron chi connectivity index (χ0n) is 11.2. The Morgan fingerprint density at radius 1 is 1.37 bits per heavy atom. The summed E-state index contributed by atoms with van der Waals surface area (Å²) in [5.74, 6) is 0.511. The Labute approximate surface area is 125 Å². The number of halogens is 2. The zero-order chi connectivity index (χ0) is 13.4. The summed E-state index contributed by atoms with van der Waals surface area (Å²) in [4.78, 5) is 11.5. The fourth-order valence-corrected chi connectivity index (χ4v) is 1.57. The van der Waals surface area contributed by atoms with Crippen molar-refractivity contribution in [3.8, 4) is 5.75 Å².